The Morgan fingerprint density at radius 2 is 2.16 bits per heavy atom. The Bertz CT molecular complexity index is 602. The van der Waals surface area contributed by atoms with Gasteiger partial charge in [0.1, 0.15) is 0 Å². The molecule has 19 heavy (non-hydrogen) atoms. The van der Waals surface area contributed by atoms with Crippen molar-refractivity contribution in [1.82, 2.24) is 0 Å². The molecular weight excluding hydrogens is 335 g/mol. The molecule has 2 atom stereocenters. The summed E-state index contributed by atoms with van der Waals surface area (Å²) in [7, 11) is 0. The Kier molecular flexibility index (Phi) is 3.80. The first-order valence-electron chi connectivity index (χ1n) is 5.46. The molecule has 1 amide bonds. The number of alkyl halides is 1. The number of rotatable bonds is 2. The minimum absolute atomic E-state index is 0.0287. The number of hydrogen-bond donors (Lipinski definition) is 2. The first-order chi connectivity index (χ1) is 8.88. The van der Waals surface area contributed by atoms with Gasteiger partial charge in [0.05, 0.1) is 11.1 Å². The lowest BCUT2D eigenvalue weighted by molar-refractivity contribution is -0.115. The second-order valence-electron chi connectivity index (χ2n) is 4.19. The fraction of sp³-hybridized carbons (Fsp3) is 0.154. The van der Waals surface area contributed by atoms with Gasteiger partial charge in [-0.2, -0.15) is 0 Å². The summed E-state index contributed by atoms with van der Waals surface area (Å²) in [6.07, 6.45) is 4.11. The van der Waals surface area contributed by atoms with Gasteiger partial charge in [0.15, 0.2) is 5.67 Å². The normalized spacial score (nSPS) is 26.1. The van der Waals surface area contributed by atoms with Crippen molar-refractivity contribution < 1.29 is 9.18 Å². The smallest absolute Gasteiger partial charge is 0.246 e. The number of primary amides is 1. The van der Waals surface area contributed by atoms with Crippen molar-refractivity contribution in [3.8, 4) is 0 Å². The lowest BCUT2D eigenvalue weighted by Gasteiger charge is -2.32. The van der Waals surface area contributed by atoms with E-state index in [0.29, 0.717) is 4.47 Å². The minimum Gasteiger partial charge on any atom is -0.366 e. The number of carbonyl (C=O) groups is 1. The van der Waals surface area contributed by atoms with Gasteiger partial charge in [-0.15, -0.1) is 0 Å². The van der Waals surface area contributed by atoms with E-state index in [-0.39, 0.29) is 16.2 Å². The molecule has 2 rings (SSSR count). The van der Waals surface area contributed by atoms with Crippen molar-refractivity contribution >= 4 is 33.4 Å². The minimum atomic E-state index is -2.07. The molecule has 0 saturated carbocycles. The van der Waals surface area contributed by atoms with Crippen LogP contribution in [0.3, 0.4) is 0 Å². The Balaban J connectivity index is 2.55. The molecule has 6 heteroatoms. The lowest BCUT2D eigenvalue weighted by Crippen LogP contribution is -2.46. The molecule has 2 unspecified atom stereocenters. The Labute approximate surface area is 123 Å². The molecule has 1 aromatic carbocycles. The molecule has 0 fully saturated rings. The van der Waals surface area contributed by atoms with Gasteiger partial charge in [0, 0.05) is 15.6 Å². The van der Waals surface area contributed by atoms with Gasteiger partial charge in [-0.25, -0.2) is 4.39 Å². The Hall–Kier alpha value is -1.17. The highest BCUT2D eigenvalue weighted by molar-refractivity contribution is 9.10. The van der Waals surface area contributed by atoms with E-state index in [2.05, 4.69) is 15.9 Å². The summed E-state index contributed by atoms with van der Waals surface area (Å²) in [4.78, 5) is 11.3. The monoisotopic (exact) mass is 344 g/mol. The number of carbonyl (C=O) groups excluding carboxylic acids is 1. The van der Waals surface area contributed by atoms with Crippen LogP contribution in [0.15, 0.2) is 46.5 Å². The second-order valence-corrected chi connectivity index (χ2v) is 5.42. The van der Waals surface area contributed by atoms with Gasteiger partial charge >= 0.3 is 0 Å². The predicted octanol–water partition coefficient (Wildman–Crippen LogP) is 2.58. The maximum absolute atomic E-state index is 15.2. The van der Waals surface area contributed by atoms with E-state index in [0.717, 1.165) is 0 Å². The highest BCUT2D eigenvalue weighted by Gasteiger charge is 2.43. The summed E-state index contributed by atoms with van der Waals surface area (Å²) in [5.41, 5.74) is 9.19. The Morgan fingerprint density at radius 3 is 2.79 bits per heavy atom. The van der Waals surface area contributed by atoms with Crippen LogP contribution in [-0.2, 0) is 10.5 Å². The van der Waals surface area contributed by atoms with E-state index in [1.165, 1.54) is 24.3 Å². The summed E-state index contributed by atoms with van der Waals surface area (Å²) >= 11 is 9.33. The van der Waals surface area contributed by atoms with Gasteiger partial charge in [-0.1, -0.05) is 35.9 Å². The zero-order valence-electron chi connectivity index (χ0n) is 9.74. The first kappa shape index (κ1) is 14.2. The number of nitrogens with two attached hydrogens (primary N) is 2. The number of hydrogen-bond acceptors (Lipinski definition) is 2. The van der Waals surface area contributed by atoms with Crippen LogP contribution in [0.2, 0.25) is 5.02 Å². The van der Waals surface area contributed by atoms with Crippen LogP contribution in [0.25, 0.3) is 0 Å². The highest BCUT2D eigenvalue weighted by Crippen LogP contribution is 2.41. The highest BCUT2D eigenvalue weighted by atomic mass is 79.9. The molecule has 1 aromatic rings. The van der Waals surface area contributed by atoms with Crippen LogP contribution in [0.5, 0.6) is 0 Å². The van der Waals surface area contributed by atoms with E-state index < -0.39 is 17.6 Å². The third kappa shape index (κ3) is 2.33. The zero-order valence-corrected chi connectivity index (χ0v) is 12.1. The van der Waals surface area contributed by atoms with Crippen molar-refractivity contribution in [2.75, 3.05) is 0 Å². The molecule has 1 aliphatic rings. The maximum atomic E-state index is 15.2. The molecule has 3 nitrogen and oxygen atoms in total. The summed E-state index contributed by atoms with van der Waals surface area (Å²) in [6.45, 7) is 0. The van der Waals surface area contributed by atoms with Gasteiger partial charge in [0.25, 0.3) is 0 Å². The van der Waals surface area contributed by atoms with Crippen molar-refractivity contribution in [2.24, 2.45) is 11.5 Å². The molecule has 0 saturated heterocycles. The molecule has 100 valence electrons. The van der Waals surface area contributed by atoms with Crippen molar-refractivity contribution in [2.45, 2.75) is 11.7 Å². The van der Waals surface area contributed by atoms with E-state index in [9.17, 15) is 4.79 Å². The number of halogens is 3. The maximum Gasteiger partial charge on any atom is 0.246 e. The molecule has 0 bridgehead atoms. The summed E-state index contributed by atoms with van der Waals surface area (Å²) in [5.74, 6) is -0.745. The lowest BCUT2D eigenvalue weighted by atomic mass is 9.81. The van der Waals surface area contributed by atoms with Gasteiger partial charge in [-0.05, 0) is 28.1 Å². The van der Waals surface area contributed by atoms with Crippen molar-refractivity contribution in [3.05, 3.63) is 57.1 Å². The van der Waals surface area contributed by atoms with Crippen LogP contribution in [0.1, 0.15) is 5.56 Å². The Morgan fingerprint density at radius 1 is 1.47 bits per heavy atom. The van der Waals surface area contributed by atoms with Crippen LogP contribution in [-0.4, -0.2) is 11.9 Å². The number of amides is 1. The third-order valence-corrected chi connectivity index (χ3v) is 4.35. The fourth-order valence-corrected chi connectivity index (χ4v) is 2.65. The summed E-state index contributed by atoms with van der Waals surface area (Å²) in [6, 6.07) is 3.68. The average molecular weight is 346 g/mol. The van der Waals surface area contributed by atoms with Crippen LogP contribution >= 0.6 is 27.5 Å². The fourth-order valence-electron chi connectivity index (χ4n) is 2.02. The number of allylic oxidation sites excluding steroid dienone is 2. The molecule has 0 heterocycles. The van der Waals surface area contributed by atoms with Crippen molar-refractivity contribution in [1.29, 1.82) is 0 Å². The largest absolute Gasteiger partial charge is 0.366 e. The molecule has 0 radical (unpaired) electrons. The van der Waals surface area contributed by atoms with Crippen LogP contribution in [0.4, 0.5) is 4.39 Å². The van der Waals surface area contributed by atoms with Gasteiger partial charge in [-0.3, -0.25) is 4.79 Å². The SMILES string of the molecule is NC(=O)C1=CC=CC(F)(c2cccc(Br)c2Cl)C1N. The zero-order chi connectivity index (χ0) is 14.2. The first-order valence-corrected chi connectivity index (χ1v) is 6.63. The molecule has 0 aromatic heterocycles. The summed E-state index contributed by atoms with van der Waals surface area (Å²) < 4.78 is 15.7. The standard InChI is InChI=1S/C13H11BrClFN2O/c14-9-5-1-4-8(10(9)15)13(16)6-2-3-7(11(13)17)12(18)19/h1-6,11H,17H2,(H2,18,19). The van der Waals surface area contributed by atoms with E-state index in [1.807, 2.05) is 0 Å². The predicted molar refractivity (Wildman–Crippen MR) is 76.3 cm³/mol. The molecule has 4 N–H and O–H groups in total. The third-order valence-electron chi connectivity index (χ3n) is 3.05. The van der Waals surface area contributed by atoms with Gasteiger partial charge < -0.3 is 11.5 Å². The quantitative estimate of drug-likeness (QED) is 0.865. The van der Waals surface area contributed by atoms with E-state index in [1.54, 1.807) is 12.1 Å². The van der Waals surface area contributed by atoms with E-state index >= 15 is 4.39 Å². The molecule has 0 spiro atoms. The van der Waals surface area contributed by atoms with Crippen LogP contribution < -0.4 is 11.5 Å². The molecular formula is C13H11BrClFN2O. The second kappa shape index (κ2) is 5.07. The van der Waals surface area contributed by atoms with E-state index in [4.69, 9.17) is 23.1 Å². The molecule has 0 aliphatic heterocycles. The topological polar surface area (TPSA) is 69.1 Å². The van der Waals surface area contributed by atoms with Gasteiger partial charge in [0.2, 0.25) is 5.91 Å². The number of benzene rings is 1. The van der Waals surface area contributed by atoms with Crippen molar-refractivity contribution in [3.63, 3.8) is 0 Å². The summed E-state index contributed by atoms with van der Waals surface area (Å²) in [5, 5.41) is 0.218. The van der Waals surface area contributed by atoms with Crippen LogP contribution in [0, 0.1) is 0 Å². The average Bonchev–Trinajstić information content (AvgIpc) is 2.35. The molecule has 1 aliphatic carbocycles.